The zero-order valence-corrected chi connectivity index (χ0v) is 13.7. The Morgan fingerprint density at radius 2 is 2.00 bits per heavy atom. The van der Waals surface area contributed by atoms with E-state index in [-0.39, 0.29) is 11.6 Å². The van der Waals surface area contributed by atoms with Crippen molar-refractivity contribution >= 4 is 40.6 Å². The van der Waals surface area contributed by atoms with Crippen LogP contribution in [0.4, 0.5) is 11.5 Å². The zero-order valence-electron chi connectivity index (χ0n) is 12.2. The summed E-state index contributed by atoms with van der Waals surface area (Å²) in [7, 11) is 0. The van der Waals surface area contributed by atoms with Gasteiger partial charge < -0.3 is 10.6 Å². The van der Waals surface area contributed by atoms with Crippen LogP contribution in [-0.2, 0) is 0 Å². The van der Waals surface area contributed by atoms with Gasteiger partial charge in [-0.3, -0.25) is 4.79 Å². The second-order valence-corrected chi connectivity index (χ2v) is 5.90. The third-order valence-corrected chi connectivity index (χ3v) is 3.59. The lowest BCUT2D eigenvalue weighted by Crippen LogP contribution is -2.28. The number of carbonyl (C=O) groups excluding carboxylic acids is 1. The first kappa shape index (κ1) is 16.5. The number of halogens is 2. The van der Waals surface area contributed by atoms with Crippen molar-refractivity contribution in [3.05, 3.63) is 46.3 Å². The van der Waals surface area contributed by atoms with Crippen LogP contribution in [0.1, 0.15) is 24.3 Å². The molecule has 0 aliphatic rings. The van der Waals surface area contributed by atoms with E-state index in [2.05, 4.69) is 20.6 Å². The molecule has 0 radical (unpaired) electrons. The average molecular weight is 339 g/mol. The fourth-order valence-electron chi connectivity index (χ4n) is 1.64. The van der Waals surface area contributed by atoms with E-state index in [9.17, 15) is 4.79 Å². The summed E-state index contributed by atoms with van der Waals surface area (Å²) in [6.45, 7) is 4.64. The number of hydrogen-bond acceptors (Lipinski definition) is 4. The summed E-state index contributed by atoms with van der Waals surface area (Å²) < 4.78 is 0. The van der Waals surface area contributed by atoms with Crippen molar-refractivity contribution in [3.63, 3.8) is 0 Å². The highest BCUT2D eigenvalue weighted by molar-refractivity contribution is 6.43. The Labute approximate surface area is 139 Å². The molecule has 1 amide bonds. The molecule has 0 saturated carbocycles. The minimum Gasteiger partial charge on any atom is -0.350 e. The van der Waals surface area contributed by atoms with Crippen LogP contribution < -0.4 is 10.6 Å². The van der Waals surface area contributed by atoms with Gasteiger partial charge in [0.2, 0.25) is 0 Å². The fourth-order valence-corrected chi connectivity index (χ4v) is 1.98. The normalized spacial score (nSPS) is 10.6. The van der Waals surface area contributed by atoms with Gasteiger partial charge in [0.1, 0.15) is 11.5 Å². The number of aromatic nitrogens is 2. The third kappa shape index (κ3) is 4.32. The maximum Gasteiger partial charge on any atom is 0.271 e. The Hall–Kier alpha value is -1.85. The molecule has 1 aromatic carbocycles. The average Bonchev–Trinajstić information content (AvgIpc) is 2.50. The van der Waals surface area contributed by atoms with E-state index >= 15 is 0 Å². The second-order valence-electron chi connectivity index (χ2n) is 5.12. The lowest BCUT2D eigenvalue weighted by molar-refractivity contribution is 0.0943. The van der Waals surface area contributed by atoms with Gasteiger partial charge in [-0.05, 0) is 18.1 Å². The molecule has 1 heterocycles. The van der Waals surface area contributed by atoms with E-state index in [1.807, 2.05) is 13.8 Å². The predicted molar refractivity (Wildman–Crippen MR) is 88.9 cm³/mol. The molecule has 2 N–H and O–H groups in total. The lowest BCUT2D eigenvalue weighted by atomic mass is 10.2. The number of anilines is 2. The monoisotopic (exact) mass is 338 g/mol. The highest BCUT2D eigenvalue weighted by atomic mass is 35.5. The Kier molecular flexibility index (Phi) is 5.57. The van der Waals surface area contributed by atoms with Crippen molar-refractivity contribution in [1.82, 2.24) is 15.3 Å². The van der Waals surface area contributed by atoms with Crippen LogP contribution >= 0.6 is 23.2 Å². The zero-order chi connectivity index (χ0) is 16.1. The topological polar surface area (TPSA) is 66.9 Å². The largest absolute Gasteiger partial charge is 0.350 e. The van der Waals surface area contributed by atoms with Crippen LogP contribution in [0, 0.1) is 5.92 Å². The molecule has 2 rings (SSSR count). The Bertz CT molecular complexity index is 659. The van der Waals surface area contributed by atoms with Gasteiger partial charge in [0, 0.05) is 6.54 Å². The molecular weight excluding hydrogens is 323 g/mol. The summed E-state index contributed by atoms with van der Waals surface area (Å²) in [4.78, 5) is 20.1. The molecule has 116 valence electrons. The van der Waals surface area contributed by atoms with E-state index in [0.29, 0.717) is 34.0 Å². The van der Waals surface area contributed by atoms with Crippen LogP contribution in [0.15, 0.2) is 30.6 Å². The van der Waals surface area contributed by atoms with Crippen LogP contribution in [0.25, 0.3) is 0 Å². The van der Waals surface area contributed by atoms with Crippen molar-refractivity contribution in [2.24, 2.45) is 5.92 Å². The number of rotatable bonds is 5. The lowest BCUT2D eigenvalue weighted by Gasteiger charge is -2.09. The highest BCUT2D eigenvalue weighted by Gasteiger charge is 2.09. The Morgan fingerprint density at radius 1 is 1.23 bits per heavy atom. The Morgan fingerprint density at radius 3 is 2.64 bits per heavy atom. The highest BCUT2D eigenvalue weighted by Crippen LogP contribution is 2.31. The molecule has 0 saturated heterocycles. The molecule has 5 nitrogen and oxygen atoms in total. The van der Waals surface area contributed by atoms with Crippen molar-refractivity contribution in [2.45, 2.75) is 13.8 Å². The summed E-state index contributed by atoms with van der Waals surface area (Å²) in [5.74, 6) is 0.612. The quantitative estimate of drug-likeness (QED) is 0.867. The summed E-state index contributed by atoms with van der Waals surface area (Å²) in [6.07, 6.45) is 2.89. The van der Waals surface area contributed by atoms with Gasteiger partial charge in [-0.2, -0.15) is 0 Å². The number of hydrogen-bond donors (Lipinski definition) is 2. The molecule has 0 aliphatic carbocycles. The van der Waals surface area contributed by atoms with E-state index in [4.69, 9.17) is 23.2 Å². The molecule has 0 spiro atoms. The number of nitrogens with one attached hydrogen (secondary N) is 2. The van der Waals surface area contributed by atoms with Crippen LogP contribution in [0.3, 0.4) is 0 Å². The minimum atomic E-state index is -0.242. The SMILES string of the molecule is CC(C)CNC(=O)c1cnc(Nc2cccc(Cl)c2Cl)cn1. The number of benzene rings is 1. The van der Waals surface area contributed by atoms with Gasteiger partial charge in [-0.1, -0.05) is 43.1 Å². The van der Waals surface area contributed by atoms with Gasteiger partial charge in [-0.15, -0.1) is 0 Å². The maximum absolute atomic E-state index is 11.8. The van der Waals surface area contributed by atoms with E-state index < -0.39 is 0 Å². The molecule has 0 atom stereocenters. The van der Waals surface area contributed by atoms with Crippen molar-refractivity contribution < 1.29 is 4.79 Å². The predicted octanol–water partition coefficient (Wildman–Crippen LogP) is 3.91. The van der Waals surface area contributed by atoms with E-state index in [1.54, 1.807) is 18.2 Å². The first-order valence-corrected chi connectivity index (χ1v) is 7.54. The Balaban J connectivity index is 2.06. The molecule has 0 fully saturated rings. The molecular formula is C15H16Cl2N4O. The maximum atomic E-state index is 11.8. The molecule has 2 aromatic rings. The van der Waals surface area contributed by atoms with Gasteiger partial charge in [0.05, 0.1) is 28.1 Å². The van der Waals surface area contributed by atoms with Crippen molar-refractivity contribution in [3.8, 4) is 0 Å². The van der Waals surface area contributed by atoms with Crippen LogP contribution in [0.2, 0.25) is 10.0 Å². The molecule has 1 aromatic heterocycles. The number of amides is 1. The number of carbonyl (C=O) groups is 1. The summed E-state index contributed by atoms with van der Waals surface area (Å²) in [6, 6.07) is 5.25. The minimum absolute atomic E-state index is 0.242. The molecule has 0 unspecified atom stereocenters. The standard InChI is InChI=1S/C15H16Cl2N4O/c1-9(2)6-20-15(22)12-7-19-13(8-18-12)21-11-5-3-4-10(16)14(11)17/h3-5,7-9H,6H2,1-2H3,(H,19,21)(H,20,22). The summed E-state index contributed by atoms with van der Waals surface area (Å²) >= 11 is 12.0. The van der Waals surface area contributed by atoms with Gasteiger partial charge in [0.15, 0.2) is 0 Å². The third-order valence-electron chi connectivity index (χ3n) is 2.77. The second kappa shape index (κ2) is 7.42. The van der Waals surface area contributed by atoms with Crippen molar-refractivity contribution in [2.75, 3.05) is 11.9 Å². The molecule has 0 aliphatic heterocycles. The van der Waals surface area contributed by atoms with E-state index in [1.165, 1.54) is 12.4 Å². The summed E-state index contributed by atoms with van der Waals surface area (Å²) in [5, 5.41) is 6.65. The molecule has 7 heteroatoms. The van der Waals surface area contributed by atoms with Gasteiger partial charge in [-0.25, -0.2) is 9.97 Å². The van der Waals surface area contributed by atoms with Gasteiger partial charge >= 0.3 is 0 Å². The summed E-state index contributed by atoms with van der Waals surface area (Å²) in [5.41, 5.74) is 0.892. The van der Waals surface area contributed by atoms with Crippen molar-refractivity contribution in [1.29, 1.82) is 0 Å². The van der Waals surface area contributed by atoms with Gasteiger partial charge in [0.25, 0.3) is 5.91 Å². The fraction of sp³-hybridized carbons (Fsp3) is 0.267. The van der Waals surface area contributed by atoms with Crippen LogP contribution in [0.5, 0.6) is 0 Å². The first-order chi connectivity index (χ1) is 10.5. The van der Waals surface area contributed by atoms with E-state index in [0.717, 1.165) is 0 Å². The molecule has 0 bridgehead atoms. The number of nitrogens with zero attached hydrogens (tertiary/aromatic N) is 2. The first-order valence-electron chi connectivity index (χ1n) is 6.78. The van der Waals surface area contributed by atoms with Crippen LogP contribution in [-0.4, -0.2) is 22.4 Å². The smallest absolute Gasteiger partial charge is 0.271 e. The molecule has 22 heavy (non-hydrogen) atoms.